The number of nitrogens with one attached hydrogen (secondary N) is 1. The van der Waals surface area contributed by atoms with E-state index < -0.39 is 0 Å². The highest BCUT2D eigenvalue weighted by atomic mass is 79.9. The number of carbonyl (C=O) groups excluding carboxylic acids is 1. The van der Waals surface area contributed by atoms with Gasteiger partial charge in [-0.25, -0.2) is 0 Å². The molecule has 1 aromatic heterocycles. The molecular formula is C24H35BrClNO2. The number of H-pyrrole nitrogens is 1. The average Bonchev–Trinajstić information content (AvgIpc) is 3.11. The molecule has 5 heteroatoms. The second kappa shape index (κ2) is 14.1. The van der Waals surface area contributed by atoms with Gasteiger partial charge in [0.05, 0.1) is 15.9 Å². The van der Waals surface area contributed by atoms with Crippen molar-refractivity contribution in [3.63, 3.8) is 0 Å². The zero-order valence-corrected chi connectivity index (χ0v) is 20.0. The van der Waals surface area contributed by atoms with Gasteiger partial charge in [0.1, 0.15) is 0 Å². The zero-order chi connectivity index (χ0) is 20.9. The molecule has 0 amide bonds. The van der Waals surface area contributed by atoms with Crippen LogP contribution in [0.3, 0.4) is 0 Å². The van der Waals surface area contributed by atoms with Crippen LogP contribution in [0.15, 0.2) is 22.8 Å². The third-order valence-corrected chi connectivity index (χ3v) is 6.69. The normalized spacial score (nSPS) is 11.3. The van der Waals surface area contributed by atoms with Crippen LogP contribution in [0.2, 0.25) is 5.02 Å². The van der Waals surface area contributed by atoms with Gasteiger partial charge in [-0.15, -0.1) is 0 Å². The van der Waals surface area contributed by atoms with Gasteiger partial charge in [0.25, 0.3) is 0 Å². The lowest BCUT2D eigenvalue weighted by Crippen LogP contribution is -2.07. The number of hydrogen-bond acceptors (Lipinski definition) is 2. The van der Waals surface area contributed by atoms with Crippen molar-refractivity contribution in [2.45, 2.75) is 96.8 Å². The second-order valence-corrected chi connectivity index (χ2v) is 9.14. The Labute approximate surface area is 189 Å². The molecule has 29 heavy (non-hydrogen) atoms. The van der Waals surface area contributed by atoms with Gasteiger partial charge in [-0.2, -0.15) is 0 Å². The van der Waals surface area contributed by atoms with Crippen LogP contribution in [0.4, 0.5) is 0 Å². The summed E-state index contributed by atoms with van der Waals surface area (Å²) in [6.45, 7) is 2.27. The van der Waals surface area contributed by atoms with Crippen LogP contribution in [0.1, 0.15) is 96.8 Å². The van der Waals surface area contributed by atoms with Crippen LogP contribution in [0.25, 0.3) is 10.9 Å². The van der Waals surface area contributed by atoms with Gasteiger partial charge in [-0.1, -0.05) is 95.6 Å². The molecule has 2 rings (SSSR count). The Kier molecular flexibility index (Phi) is 11.8. The maximum Gasteiger partial charge on any atom is 0.311 e. The fourth-order valence-corrected chi connectivity index (χ4v) is 4.26. The van der Waals surface area contributed by atoms with Crippen molar-refractivity contribution in [2.75, 3.05) is 0 Å². The Balaban J connectivity index is 1.51. The number of benzene rings is 1. The molecule has 1 heterocycles. The van der Waals surface area contributed by atoms with Crippen molar-refractivity contribution < 1.29 is 9.53 Å². The third-order valence-electron chi connectivity index (χ3n) is 5.41. The molecule has 0 saturated carbocycles. The van der Waals surface area contributed by atoms with Crippen LogP contribution in [0, 0.1) is 0 Å². The van der Waals surface area contributed by atoms with E-state index in [1.54, 1.807) is 6.20 Å². The maximum absolute atomic E-state index is 12.2. The van der Waals surface area contributed by atoms with Gasteiger partial charge >= 0.3 is 5.97 Å². The molecule has 1 N–H and O–H groups in total. The van der Waals surface area contributed by atoms with E-state index in [1.807, 2.05) is 12.1 Å². The quantitative estimate of drug-likeness (QED) is 0.202. The molecule has 0 aliphatic heterocycles. The standard InChI is InChI=1S/C24H35BrClNO2/c1-2-3-4-5-6-7-8-9-10-11-12-13-14-15-22(28)29-21-18-27-20-17-16-19(25)24(26)23(20)21/h16-18,27H,2-15H2,1H3. The average molecular weight is 485 g/mol. The molecular weight excluding hydrogens is 450 g/mol. The minimum atomic E-state index is -0.190. The van der Waals surface area contributed by atoms with Gasteiger partial charge in [0, 0.05) is 17.1 Å². The summed E-state index contributed by atoms with van der Waals surface area (Å²) in [5.41, 5.74) is 0.863. The summed E-state index contributed by atoms with van der Waals surface area (Å²) in [7, 11) is 0. The summed E-state index contributed by atoms with van der Waals surface area (Å²) in [6, 6.07) is 3.79. The van der Waals surface area contributed by atoms with Crippen molar-refractivity contribution >= 4 is 44.4 Å². The number of aromatic amines is 1. The van der Waals surface area contributed by atoms with E-state index in [4.69, 9.17) is 16.3 Å². The van der Waals surface area contributed by atoms with Gasteiger partial charge in [-0.3, -0.25) is 4.79 Å². The summed E-state index contributed by atoms with van der Waals surface area (Å²) in [6.07, 6.45) is 19.0. The van der Waals surface area contributed by atoms with Crippen LogP contribution in [-0.2, 0) is 4.79 Å². The van der Waals surface area contributed by atoms with E-state index in [-0.39, 0.29) is 5.97 Å². The minimum Gasteiger partial charge on any atom is -0.424 e. The van der Waals surface area contributed by atoms with Gasteiger partial charge in [0.15, 0.2) is 5.75 Å². The predicted octanol–water partition coefficient (Wildman–Crippen LogP) is 8.97. The molecule has 0 unspecified atom stereocenters. The van der Waals surface area contributed by atoms with Crippen molar-refractivity contribution in [3.05, 3.63) is 27.8 Å². The van der Waals surface area contributed by atoms with E-state index in [0.717, 1.165) is 28.2 Å². The summed E-state index contributed by atoms with van der Waals surface area (Å²) in [5.74, 6) is 0.316. The number of fused-ring (bicyclic) bond motifs is 1. The van der Waals surface area contributed by atoms with Crippen LogP contribution in [0.5, 0.6) is 5.75 Å². The smallest absolute Gasteiger partial charge is 0.311 e. The van der Waals surface area contributed by atoms with E-state index in [9.17, 15) is 4.79 Å². The van der Waals surface area contributed by atoms with E-state index in [0.29, 0.717) is 17.2 Å². The molecule has 0 saturated heterocycles. The number of hydrogen-bond donors (Lipinski definition) is 1. The zero-order valence-electron chi connectivity index (χ0n) is 17.7. The highest BCUT2D eigenvalue weighted by molar-refractivity contribution is 9.10. The number of halogens is 2. The van der Waals surface area contributed by atoms with Crippen molar-refractivity contribution in [2.24, 2.45) is 0 Å². The van der Waals surface area contributed by atoms with Gasteiger partial charge in [0.2, 0.25) is 0 Å². The highest BCUT2D eigenvalue weighted by Crippen LogP contribution is 2.37. The molecule has 0 aliphatic rings. The highest BCUT2D eigenvalue weighted by Gasteiger charge is 2.14. The summed E-state index contributed by atoms with van der Waals surface area (Å²) in [4.78, 5) is 15.3. The molecule has 3 nitrogen and oxygen atoms in total. The molecule has 0 aliphatic carbocycles. The first-order chi connectivity index (χ1) is 14.1. The van der Waals surface area contributed by atoms with Crippen molar-refractivity contribution in [1.29, 1.82) is 0 Å². The topological polar surface area (TPSA) is 42.1 Å². The fraction of sp³-hybridized carbons (Fsp3) is 0.625. The lowest BCUT2D eigenvalue weighted by atomic mass is 10.0. The third kappa shape index (κ3) is 8.72. The first-order valence-corrected chi connectivity index (χ1v) is 12.5. The molecule has 0 atom stereocenters. The number of aromatic nitrogens is 1. The Morgan fingerprint density at radius 2 is 1.48 bits per heavy atom. The Bertz CT molecular complexity index is 744. The number of rotatable bonds is 15. The van der Waals surface area contributed by atoms with Crippen molar-refractivity contribution in [3.8, 4) is 5.75 Å². The SMILES string of the molecule is CCCCCCCCCCCCCCCC(=O)Oc1c[nH]c2ccc(Br)c(Cl)c12. The van der Waals surface area contributed by atoms with Crippen LogP contribution >= 0.6 is 27.5 Å². The second-order valence-electron chi connectivity index (χ2n) is 7.90. The molecule has 0 fully saturated rings. The van der Waals surface area contributed by atoms with Gasteiger partial charge < -0.3 is 9.72 Å². The van der Waals surface area contributed by atoms with Crippen molar-refractivity contribution in [1.82, 2.24) is 4.98 Å². The van der Waals surface area contributed by atoms with E-state index in [1.165, 1.54) is 70.6 Å². The first kappa shape index (κ1) is 24.3. The van der Waals surface area contributed by atoms with Crippen LogP contribution < -0.4 is 4.74 Å². The molecule has 2 aromatic rings. The molecule has 0 bridgehead atoms. The number of ether oxygens (including phenoxy) is 1. The minimum absolute atomic E-state index is 0.190. The molecule has 0 spiro atoms. The number of carbonyl (C=O) groups is 1. The molecule has 162 valence electrons. The first-order valence-electron chi connectivity index (χ1n) is 11.3. The lowest BCUT2D eigenvalue weighted by Gasteiger charge is -2.05. The Morgan fingerprint density at radius 1 is 0.931 bits per heavy atom. The van der Waals surface area contributed by atoms with E-state index in [2.05, 4.69) is 27.8 Å². The fourth-order valence-electron chi connectivity index (χ4n) is 3.67. The number of esters is 1. The predicted molar refractivity (Wildman–Crippen MR) is 127 cm³/mol. The van der Waals surface area contributed by atoms with Gasteiger partial charge in [-0.05, 0) is 34.5 Å². The molecule has 1 aromatic carbocycles. The summed E-state index contributed by atoms with van der Waals surface area (Å²) >= 11 is 9.75. The molecule has 0 radical (unpaired) electrons. The lowest BCUT2D eigenvalue weighted by molar-refractivity contribution is -0.134. The summed E-state index contributed by atoms with van der Waals surface area (Å²) in [5, 5.41) is 1.31. The van der Waals surface area contributed by atoms with E-state index >= 15 is 0 Å². The monoisotopic (exact) mass is 483 g/mol. The largest absolute Gasteiger partial charge is 0.424 e. The Hall–Kier alpha value is -1.000. The summed E-state index contributed by atoms with van der Waals surface area (Å²) < 4.78 is 6.33. The number of unbranched alkanes of at least 4 members (excludes halogenated alkanes) is 12. The maximum atomic E-state index is 12.2. The van der Waals surface area contributed by atoms with Crippen LogP contribution in [-0.4, -0.2) is 11.0 Å². The Morgan fingerprint density at radius 3 is 2.07 bits per heavy atom.